The first-order chi connectivity index (χ1) is 8.92. The molecule has 0 bridgehead atoms. The second-order valence-corrected chi connectivity index (χ2v) is 6.78. The van der Waals surface area contributed by atoms with Gasteiger partial charge >= 0.3 is 6.09 Å². The lowest BCUT2D eigenvalue weighted by molar-refractivity contribution is 0.0904. The summed E-state index contributed by atoms with van der Waals surface area (Å²) in [5.41, 5.74) is 0.209. The zero-order chi connectivity index (χ0) is 13.9. The predicted octanol–water partition coefficient (Wildman–Crippen LogP) is 1.19. The molecular weight excluding hydrogens is 242 g/mol. The number of cyclic esters (lactones) is 1. The Morgan fingerprint density at radius 3 is 2.58 bits per heavy atom. The molecule has 0 radical (unpaired) electrons. The first kappa shape index (κ1) is 14.6. The molecule has 0 aromatic rings. The molecule has 110 valence electrons. The van der Waals surface area contributed by atoms with E-state index in [-0.39, 0.29) is 17.7 Å². The number of ether oxygens (including phenoxy) is 1. The fourth-order valence-corrected chi connectivity index (χ4v) is 2.65. The summed E-state index contributed by atoms with van der Waals surface area (Å²) in [6, 6.07) is 0. The zero-order valence-corrected chi connectivity index (χ0v) is 12.4. The van der Waals surface area contributed by atoms with E-state index in [4.69, 9.17) is 4.74 Å². The molecule has 2 N–H and O–H groups in total. The van der Waals surface area contributed by atoms with Crippen molar-refractivity contribution in [1.29, 1.82) is 0 Å². The SMILES string of the molecule is CC(C)(C)NCC1CCN(CC2CNC(=O)O2)CC1. The van der Waals surface area contributed by atoms with E-state index >= 15 is 0 Å². The number of likely N-dealkylation sites (tertiary alicyclic amines) is 1. The molecule has 0 spiro atoms. The minimum atomic E-state index is -0.269. The molecule has 0 aliphatic carbocycles. The number of piperidine rings is 1. The molecule has 1 amide bonds. The van der Waals surface area contributed by atoms with Crippen LogP contribution in [0, 0.1) is 5.92 Å². The predicted molar refractivity (Wildman–Crippen MR) is 75.2 cm³/mol. The van der Waals surface area contributed by atoms with Crippen LogP contribution in [0.4, 0.5) is 4.79 Å². The van der Waals surface area contributed by atoms with Crippen LogP contribution >= 0.6 is 0 Å². The van der Waals surface area contributed by atoms with Gasteiger partial charge < -0.3 is 15.4 Å². The lowest BCUT2D eigenvalue weighted by Crippen LogP contribution is -2.44. The van der Waals surface area contributed by atoms with Gasteiger partial charge in [-0.1, -0.05) is 0 Å². The van der Waals surface area contributed by atoms with Crippen molar-refractivity contribution in [2.45, 2.75) is 45.3 Å². The molecule has 2 rings (SSSR count). The van der Waals surface area contributed by atoms with Crippen molar-refractivity contribution < 1.29 is 9.53 Å². The summed E-state index contributed by atoms with van der Waals surface area (Å²) in [6.07, 6.45) is 2.24. The number of amides is 1. The maximum atomic E-state index is 11.0. The van der Waals surface area contributed by atoms with Crippen LogP contribution in [0.25, 0.3) is 0 Å². The molecular formula is C14H27N3O2. The molecule has 5 nitrogen and oxygen atoms in total. The number of hydrogen-bond acceptors (Lipinski definition) is 4. The third-order valence-corrected chi connectivity index (χ3v) is 3.84. The van der Waals surface area contributed by atoms with Crippen LogP contribution < -0.4 is 10.6 Å². The second-order valence-electron chi connectivity index (χ2n) is 6.78. The molecule has 0 aromatic carbocycles. The molecule has 0 aromatic heterocycles. The van der Waals surface area contributed by atoms with Crippen molar-refractivity contribution in [2.24, 2.45) is 5.92 Å². The van der Waals surface area contributed by atoms with Crippen molar-refractivity contribution in [2.75, 3.05) is 32.7 Å². The molecule has 2 heterocycles. The molecule has 2 fully saturated rings. The zero-order valence-electron chi connectivity index (χ0n) is 12.4. The lowest BCUT2D eigenvalue weighted by Gasteiger charge is -2.34. The summed E-state index contributed by atoms with van der Waals surface area (Å²) in [7, 11) is 0. The highest BCUT2D eigenvalue weighted by atomic mass is 16.6. The van der Waals surface area contributed by atoms with Crippen LogP contribution in [0.3, 0.4) is 0 Å². The fraction of sp³-hybridized carbons (Fsp3) is 0.929. The smallest absolute Gasteiger partial charge is 0.407 e. The van der Waals surface area contributed by atoms with Crippen LogP contribution in [-0.2, 0) is 4.74 Å². The number of rotatable bonds is 4. The second kappa shape index (κ2) is 6.09. The Hall–Kier alpha value is -0.810. The van der Waals surface area contributed by atoms with Crippen LogP contribution in [-0.4, -0.2) is 55.4 Å². The van der Waals surface area contributed by atoms with Gasteiger partial charge in [0.15, 0.2) is 0 Å². The number of carbonyl (C=O) groups excluding carboxylic acids is 1. The standard InChI is InChI=1S/C14H27N3O2/c1-14(2,3)16-8-11-4-6-17(7-5-11)10-12-9-15-13(18)19-12/h11-12,16H,4-10H2,1-3H3,(H,15,18). The van der Waals surface area contributed by atoms with Crippen molar-refractivity contribution in [1.82, 2.24) is 15.5 Å². The highest BCUT2D eigenvalue weighted by molar-refractivity contribution is 5.69. The largest absolute Gasteiger partial charge is 0.443 e. The maximum Gasteiger partial charge on any atom is 0.407 e. The quantitative estimate of drug-likeness (QED) is 0.805. The summed E-state index contributed by atoms with van der Waals surface area (Å²) in [5, 5.41) is 6.29. The van der Waals surface area contributed by atoms with E-state index in [1.807, 2.05) is 0 Å². The van der Waals surface area contributed by atoms with E-state index in [9.17, 15) is 4.79 Å². The number of alkyl carbamates (subject to hydrolysis) is 1. The first-order valence-electron chi connectivity index (χ1n) is 7.34. The van der Waals surface area contributed by atoms with E-state index in [0.717, 1.165) is 32.1 Å². The number of nitrogens with zero attached hydrogens (tertiary/aromatic N) is 1. The molecule has 5 heteroatoms. The maximum absolute atomic E-state index is 11.0. The van der Waals surface area contributed by atoms with E-state index in [1.165, 1.54) is 12.8 Å². The van der Waals surface area contributed by atoms with Crippen molar-refractivity contribution in [3.05, 3.63) is 0 Å². The number of nitrogens with one attached hydrogen (secondary N) is 2. The van der Waals surface area contributed by atoms with Crippen LogP contribution in [0.15, 0.2) is 0 Å². The summed E-state index contributed by atoms with van der Waals surface area (Å²) < 4.78 is 5.18. The third-order valence-electron chi connectivity index (χ3n) is 3.84. The van der Waals surface area contributed by atoms with Gasteiger partial charge in [0.25, 0.3) is 0 Å². The molecule has 19 heavy (non-hydrogen) atoms. The van der Waals surface area contributed by atoms with Crippen molar-refractivity contribution in [3.63, 3.8) is 0 Å². The highest BCUT2D eigenvalue weighted by Crippen LogP contribution is 2.18. The van der Waals surface area contributed by atoms with Crippen LogP contribution in [0.1, 0.15) is 33.6 Å². The summed E-state index contributed by atoms with van der Waals surface area (Å²) in [5.74, 6) is 0.778. The Balaban J connectivity index is 1.64. The average molecular weight is 269 g/mol. The Morgan fingerprint density at radius 2 is 2.05 bits per heavy atom. The number of hydrogen-bond donors (Lipinski definition) is 2. The van der Waals surface area contributed by atoms with Gasteiger partial charge in [-0.3, -0.25) is 4.90 Å². The lowest BCUT2D eigenvalue weighted by atomic mass is 9.95. The van der Waals surface area contributed by atoms with Gasteiger partial charge in [0, 0.05) is 12.1 Å². The first-order valence-corrected chi connectivity index (χ1v) is 7.34. The monoisotopic (exact) mass is 269 g/mol. The van der Waals surface area contributed by atoms with E-state index in [0.29, 0.717) is 6.54 Å². The van der Waals surface area contributed by atoms with Gasteiger partial charge in [-0.2, -0.15) is 0 Å². The topological polar surface area (TPSA) is 53.6 Å². The summed E-state index contributed by atoms with van der Waals surface area (Å²) in [4.78, 5) is 13.4. The van der Waals surface area contributed by atoms with Gasteiger partial charge in [0.1, 0.15) is 6.10 Å². The Labute approximate surface area is 116 Å². The molecule has 2 aliphatic heterocycles. The van der Waals surface area contributed by atoms with Crippen LogP contribution in [0.2, 0.25) is 0 Å². The Morgan fingerprint density at radius 1 is 1.37 bits per heavy atom. The van der Waals surface area contributed by atoms with E-state index in [1.54, 1.807) is 0 Å². The molecule has 1 unspecified atom stereocenters. The van der Waals surface area contributed by atoms with Gasteiger partial charge in [-0.25, -0.2) is 4.79 Å². The minimum absolute atomic E-state index is 0.0387. The van der Waals surface area contributed by atoms with Crippen LogP contribution in [0.5, 0.6) is 0 Å². The highest BCUT2D eigenvalue weighted by Gasteiger charge is 2.27. The molecule has 2 aliphatic rings. The van der Waals surface area contributed by atoms with E-state index in [2.05, 4.69) is 36.3 Å². The van der Waals surface area contributed by atoms with Gasteiger partial charge in [0.05, 0.1) is 6.54 Å². The third kappa shape index (κ3) is 4.99. The van der Waals surface area contributed by atoms with Crippen molar-refractivity contribution in [3.8, 4) is 0 Å². The van der Waals surface area contributed by atoms with E-state index < -0.39 is 0 Å². The van der Waals surface area contributed by atoms with Gasteiger partial charge in [-0.15, -0.1) is 0 Å². The summed E-state index contributed by atoms with van der Waals surface area (Å²) in [6.45, 7) is 11.5. The Kier molecular flexibility index (Phi) is 4.68. The van der Waals surface area contributed by atoms with Gasteiger partial charge in [0.2, 0.25) is 0 Å². The minimum Gasteiger partial charge on any atom is -0.443 e. The van der Waals surface area contributed by atoms with Crippen molar-refractivity contribution >= 4 is 6.09 Å². The fourth-order valence-electron chi connectivity index (χ4n) is 2.65. The molecule has 1 atom stereocenters. The Bertz CT molecular complexity index is 306. The van der Waals surface area contributed by atoms with Gasteiger partial charge in [-0.05, 0) is 59.2 Å². The normalized spacial score (nSPS) is 26.3. The molecule has 0 saturated carbocycles. The average Bonchev–Trinajstić information content (AvgIpc) is 2.73. The molecule has 2 saturated heterocycles. The number of carbonyl (C=O) groups is 1. The summed E-state index contributed by atoms with van der Waals surface area (Å²) >= 11 is 0.